The van der Waals surface area contributed by atoms with Crippen LogP contribution >= 0.6 is 0 Å². The van der Waals surface area contributed by atoms with Crippen LogP contribution in [0.15, 0.2) is 60.7 Å². The number of rotatable bonds is 5. The van der Waals surface area contributed by atoms with Gasteiger partial charge in [0.1, 0.15) is 5.82 Å². The van der Waals surface area contributed by atoms with E-state index in [1.165, 1.54) is 23.3 Å². The first-order chi connectivity index (χ1) is 14.9. The minimum Gasteiger partial charge on any atom is -0.396 e. The molecule has 1 aromatic heterocycles. The molecule has 0 saturated carbocycles. The second-order valence-corrected chi connectivity index (χ2v) is 8.15. The monoisotopic (exact) mass is 419 g/mol. The Labute approximate surface area is 181 Å². The third kappa shape index (κ3) is 4.83. The summed E-state index contributed by atoms with van der Waals surface area (Å²) in [5.74, 6) is 0.325. The van der Waals surface area contributed by atoms with Crippen molar-refractivity contribution in [2.24, 2.45) is 0 Å². The van der Waals surface area contributed by atoms with Crippen molar-refractivity contribution in [2.45, 2.75) is 12.5 Å². The van der Waals surface area contributed by atoms with E-state index >= 15 is 0 Å². The fourth-order valence-corrected chi connectivity index (χ4v) is 3.65. The van der Waals surface area contributed by atoms with Gasteiger partial charge in [-0.05, 0) is 61.6 Å². The van der Waals surface area contributed by atoms with Gasteiger partial charge in [-0.2, -0.15) is 0 Å². The van der Waals surface area contributed by atoms with Crippen LogP contribution in [0.3, 0.4) is 0 Å². The lowest BCUT2D eigenvalue weighted by atomic mass is 9.91. The maximum Gasteiger partial charge on any atom is 0.323 e. The van der Waals surface area contributed by atoms with Gasteiger partial charge in [-0.1, -0.05) is 24.3 Å². The molecule has 1 saturated heterocycles. The number of pyridine rings is 1. The minimum atomic E-state index is -0.313. The predicted octanol–water partition coefficient (Wildman–Crippen LogP) is 4.16. The number of hydrogen-bond donors (Lipinski definition) is 2. The van der Waals surface area contributed by atoms with Crippen LogP contribution in [0.4, 0.5) is 20.7 Å². The lowest BCUT2D eigenvalue weighted by Crippen LogP contribution is -2.50. The summed E-state index contributed by atoms with van der Waals surface area (Å²) in [6.07, 6.45) is 0. The highest BCUT2D eigenvalue weighted by atomic mass is 19.1. The Balaban J connectivity index is 1.37. The molecule has 0 atom stereocenters. The van der Waals surface area contributed by atoms with E-state index < -0.39 is 0 Å². The summed E-state index contributed by atoms with van der Waals surface area (Å²) in [7, 11) is 4.10. The van der Waals surface area contributed by atoms with Crippen molar-refractivity contribution in [2.75, 3.05) is 38.2 Å². The van der Waals surface area contributed by atoms with Crippen LogP contribution in [0, 0.1) is 5.82 Å². The number of anilines is 2. The Hall–Kier alpha value is -3.45. The molecule has 0 radical (unpaired) electrons. The number of urea groups is 1. The lowest BCUT2D eigenvalue weighted by molar-refractivity contribution is 0.164. The van der Waals surface area contributed by atoms with E-state index in [2.05, 4.69) is 39.5 Å². The Morgan fingerprint density at radius 2 is 1.77 bits per heavy atom. The van der Waals surface area contributed by atoms with Crippen LogP contribution in [0.1, 0.15) is 17.0 Å². The zero-order valence-electron chi connectivity index (χ0n) is 17.7. The van der Waals surface area contributed by atoms with Crippen molar-refractivity contribution in [3.63, 3.8) is 0 Å². The highest BCUT2D eigenvalue weighted by Crippen LogP contribution is 2.29. The first-order valence-electron chi connectivity index (χ1n) is 10.2. The molecule has 2 heterocycles. The molecule has 3 aromatic rings. The molecule has 1 aliphatic heterocycles. The fourth-order valence-electron chi connectivity index (χ4n) is 3.65. The Morgan fingerprint density at radius 1 is 1.10 bits per heavy atom. The van der Waals surface area contributed by atoms with Crippen LogP contribution < -0.4 is 11.1 Å². The van der Waals surface area contributed by atoms with Crippen molar-refractivity contribution in [1.82, 2.24) is 14.8 Å². The van der Waals surface area contributed by atoms with E-state index in [0.29, 0.717) is 36.2 Å². The summed E-state index contributed by atoms with van der Waals surface area (Å²) in [5.41, 5.74) is 10.3. The molecule has 1 aliphatic rings. The number of nitrogens with two attached hydrogens (primary N) is 1. The first-order valence-corrected chi connectivity index (χ1v) is 10.2. The number of amides is 2. The lowest BCUT2D eigenvalue weighted by Gasteiger charge is -2.39. The third-order valence-electron chi connectivity index (χ3n) is 5.41. The molecule has 160 valence electrons. The van der Waals surface area contributed by atoms with Gasteiger partial charge in [0.25, 0.3) is 0 Å². The van der Waals surface area contributed by atoms with Crippen LogP contribution in [0.25, 0.3) is 11.3 Å². The van der Waals surface area contributed by atoms with E-state index in [-0.39, 0.29) is 11.8 Å². The molecule has 3 N–H and O–H groups in total. The number of carbonyl (C=O) groups is 1. The zero-order valence-corrected chi connectivity index (χ0v) is 17.7. The standard InChI is InChI=1S/C24H26FN5O/c1-29(2)13-16-3-5-17(6-4-16)19-14-30(15-19)24(31)28-23-21(26)11-12-22(27-23)18-7-9-20(25)10-8-18/h3-12,19H,13-15,26H2,1-2H3,(H,27,28,31). The van der Waals surface area contributed by atoms with E-state index in [0.717, 1.165) is 12.1 Å². The minimum absolute atomic E-state index is 0.226. The Morgan fingerprint density at radius 3 is 2.42 bits per heavy atom. The second-order valence-electron chi connectivity index (χ2n) is 8.15. The second kappa shape index (κ2) is 8.73. The molecule has 2 amide bonds. The van der Waals surface area contributed by atoms with Gasteiger partial charge in [-0.25, -0.2) is 14.2 Å². The predicted molar refractivity (Wildman–Crippen MR) is 121 cm³/mol. The molecule has 0 bridgehead atoms. The smallest absolute Gasteiger partial charge is 0.323 e. The van der Waals surface area contributed by atoms with Gasteiger partial charge in [0.05, 0.1) is 11.4 Å². The van der Waals surface area contributed by atoms with Crippen molar-refractivity contribution in [3.05, 3.63) is 77.6 Å². The zero-order chi connectivity index (χ0) is 22.0. The van der Waals surface area contributed by atoms with E-state index in [1.54, 1.807) is 29.2 Å². The van der Waals surface area contributed by atoms with Gasteiger partial charge in [0.15, 0.2) is 5.82 Å². The summed E-state index contributed by atoms with van der Waals surface area (Å²) in [6.45, 7) is 2.21. The average molecular weight is 420 g/mol. The molecule has 2 aromatic carbocycles. The first kappa shape index (κ1) is 20.8. The van der Waals surface area contributed by atoms with E-state index in [9.17, 15) is 9.18 Å². The van der Waals surface area contributed by atoms with Crippen LogP contribution in [0.2, 0.25) is 0 Å². The van der Waals surface area contributed by atoms with Crippen LogP contribution in [0.5, 0.6) is 0 Å². The Kier molecular flexibility index (Phi) is 5.86. The normalized spacial score (nSPS) is 13.9. The van der Waals surface area contributed by atoms with Gasteiger partial charge in [0, 0.05) is 31.1 Å². The summed E-state index contributed by atoms with van der Waals surface area (Å²) in [6, 6.07) is 17.8. The summed E-state index contributed by atoms with van der Waals surface area (Å²) in [5, 5.41) is 2.81. The number of halogens is 1. The molecular weight excluding hydrogens is 393 g/mol. The molecule has 4 rings (SSSR count). The summed E-state index contributed by atoms with van der Waals surface area (Å²) < 4.78 is 13.2. The quantitative estimate of drug-likeness (QED) is 0.651. The fraction of sp³-hybridized carbons (Fsp3) is 0.250. The molecule has 7 heteroatoms. The van der Waals surface area contributed by atoms with Crippen LogP contribution in [-0.4, -0.2) is 48.0 Å². The molecule has 0 unspecified atom stereocenters. The van der Waals surface area contributed by atoms with Crippen molar-refractivity contribution in [3.8, 4) is 11.3 Å². The van der Waals surface area contributed by atoms with Gasteiger partial charge in [-0.3, -0.25) is 5.32 Å². The Bertz CT molecular complexity index is 1060. The van der Waals surface area contributed by atoms with Crippen molar-refractivity contribution < 1.29 is 9.18 Å². The van der Waals surface area contributed by atoms with Gasteiger partial charge < -0.3 is 15.5 Å². The molecule has 31 heavy (non-hydrogen) atoms. The molecular formula is C24H26FN5O. The topological polar surface area (TPSA) is 74.5 Å². The van der Waals surface area contributed by atoms with E-state index in [1.807, 2.05) is 14.1 Å². The number of aromatic nitrogens is 1. The molecule has 0 aliphatic carbocycles. The number of benzene rings is 2. The molecule has 6 nitrogen and oxygen atoms in total. The largest absolute Gasteiger partial charge is 0.396 e. The highest BCUT2D eigenvalue weighted by Gasteiger charge is 2.32. The SMILES string of the molecule is CN(C)Cc1ccc(C2CN(C(=O)Nc3nc(-c4ccc(F)cc4)ccc3N)C2)cc1. The van der Waals surface area contributed by atoms with E-state index in [4.69, 9.17) is 5.73 Å². The van der Waals surface area contributed by atoms with Gasteiger partial charge in [-0.15, -0.1) is 0 Å². The third-order valence-corrected chi connectivity index (χ3v) is 5.41. The summed E-state index contributed by atoms with van der Waals surface area (Å²) >= 11 is 0. The van der Waals surface area contributed by atoms with Crippen LogP contribution in [-0.2, 0) is 6.54 Å². The highest BCUT2D eigenvalue weighted by molar-refractivity contribution is 5.92. The number of nitrogen functional groups attached to an aromatic ring is 1. The van der Waals surface area contributed by atoms with Crippen molar-refractivity contribution in [1.29, 1.82) is 0 Å². The maximum absolute atomic E-state index is 13.2. The van der Waals surface area contributed by atoms with Gasteiger partial charge in [0.2, 0.25) is 0 Å². The molecule has 0 spiro atoms. The summed E-state index contributed by atoms with van der Waals surface area (Å²) in [4.78, 5) is 21.0. The number of carbonyl (C=O) groups excluding carboxylic acids is 1. The number of nitrogens with zero attached hydrogens (tertiary/aromatic N) is 3. The molecule has 1 fully saturated rings. The maximum atomic E-state index is 13.2. The number of likely N-dealkylation sites (tertiary alicyclic amines) is 1. The average Bonchev–Trinajstić information content (AvgIpc) is 2.70. The van der Waals surface area contributed by atoms with Crippen molar-refractivity contribution >= 4 is 17.5 Å². The van der Waals surface area contributed by atoms with Gasteiger partial charge >= 0.3 is 6.03 Å². The number of hydrogen-bond acceptors (Lipinski definition) is 4. The number of nitrogens with one attached hydrogen (secondary N) is 1.